The van der Waals surface area contributed by atoms with Crippen LogP contribution < -0.4 is 4.74 Å². The van der Waals surface area contributed by atoms with Gasteiger partial charge in [-0.3, -0.25) is 10.1 Å². The molecular formula is C13H7ClFNO5. The van der Waals surface area contributed by atoms with Crippen LogP contribution in [0.15, 0.2) is 36.4 Å². The number of ether oxygens (including phenoxy) is 1. The van der Waals surface area contributed by atoms with Crippen LogP contribution in [0.4, 0.5) is 10.1 Å². The van der Waals surface area contributed by atoms with Gasteiger partial charge < -0.3 is 9.84 Å². The molecule has 0 atom stereocenters. The average Bonchev–Trinajstić information content (AvgIpc) is 2.42. The summed E-state index contributed by atoms with van der Waals surface area (Å²) >= 11 is 5.66. The number of benzene rings is 2. The van der Waals surface area contributed by atoms with Crippen molar-refractivity contribution in [2.75, 3.05) is 0 Å². The van der Waals surface area contributed by atoms with E-state index in [0.29, 0.717) is 0 Å². The number of aromatic carboxylic acids is 1. The predicted octanol–water partition coefficient (Wildman–Crippen LogP) is 3.88. The zero-order valence-electron chi connectivity index (χ0n) is 10.2. The Labute approximate surface area is 122 Å². The first-order valence-electron chi connectivity index (χ1n) is 5.53. The normalized spacial score (nSPS) is 10.2. The Morgan fingerprint density at radius 1 is 1.24 bits per heavy atom. The lowest BCUT2D eigenvalue weighted by Gasteiger charge is -2.09. The van der Waals surface area contributed by atoms with Gasteiger partial charge in [-0.25, -0.2) is 9.18 Å². The first kappa shape index (κ1) is 14.7. The second-order valence-electron chi connectivity index (χ2n) is 3.92. The first-order valence-corrected chi connectivity index (χ1v) is 5.91. The molecule has 0 amide bonds. The maximum absolute atomic E-state index is 13.1. The lowest BCUT2D eigenvalue weighted by molar-refractivity contribution is -0.385. The van der Waals surface area contributed by atoms with Gasteiger partial charge in [0, 0.05) is 11.1 Å². The van der Waals surface area contributed by atoms with E-state index in [9.17, 15) is 19.3 Å². The number of hydrogen-bond donors (Lipinski definition) is 1. The predicted molar refractivity (Wildman–Crippen MR) is 71.5 cm³/mol. The number of carboxylic acid groups (broad SMARTS) is 1. The summed E-state index contributed by atoms with van der Waals surface area (Å²) < 4.78 is 18.3. The number of carboxylic acids is 1. The molecule has 0 saturated carbocycles. The van der Waals surface area contributed by atoms with Crippen LogP contribution in [0.3, 0.4) is 0 Å². The average molecular weight is 312 g/mol. The van der Waals surface area contributed by atoms with E-state index in [4.69, 9.17) is 21.4 Å². The molecule has 0 unspecified atom stereocenters. The van der Waals surface area contributed by atoms with Crippen LogP contribution in [0.25, 0.3) is 0 Å². The molecule has 2 aromatic carbocycles. The quantitative estimate of drug-likeness (QED) is 0.683. The highest BCUT2D eigenvalue weighted by atomic mass is 35.5. The summed E-state index contributed by atoms with van der Waals surface area (Å²) in [5.41, 5.74) is -0.873. The fourth-order valence-electron chi connectivity index (χ4n) is 1.60. The van der Waals surface area contributed by atoms with Crippen LogP contribution in [0.5, 0.6) is 11.5 Å². The summed E-state index contributed by atoms with van der Waals surface area (Å²) in [6.07, 6.45) is 0. The third-order valence-corrected chi connectivity index (χ3v) is 2.74. The molecule has 21 heavy (non-hydrogen) atoms. The highest BCUT2D eigenvalue weighted by Gasteiger charge is 2.19. The SMILES string of the molecule is O=C(O)c1cc(F)ccc1Oc1ccc(Cl)cc1[N+](=O)[O-]. The molecular weight excluding hydrogens is 305 g/mol. The molecule has 0 fully saturated rings. The van der Waals surface area contributed by atoms with E-state index >= 15 is 0 Å². The van der Waals surface area contributed by atoms with Gasteiger partial charge in [-0.05, 0) is 30.3 Å². The van der Waals surface area contributed by atoms with Crippen LogP contribution in [0, 0.1) is 15.9 Å². The van der Waals surface area contributed by atoms with Crippen molar-refractivity contribution in [1.29, 1.82) is 0 Å². The molecule has 0 aliphatic heterocycles. The minimum atomic E-state index is -1.42. The largest absolute Gasteiger partial charge is 0.478 e. The van der Waals surface area contributed by atoms with E-state index < -0.39 is 28.0 Å². The van der Waals surface area contributed by atoms with Gasteiger partial charge in [0.25, 0.3) is 0 Å². The van der Waals surface area contributed by atoms with Gasteiger partial charge in [0.15, 0.2) is 0 Å². The van der Waals surface area contributed by atoms with Crippen LogP contribution in [0.1, 0.15) is 10.4 Å². The van der Waals surface area contributed by atoms with E-state index in [1.807, 2.05) is 0 Å². The molecule has 0 aliphatic carbocycles. The summed E-state index contributed by atoms with van der Waals surface area (Å²) in [5, 5.41) is 20.0. The Morgan fingerprint density at radius 2 is 1.90 bits per heavy atom. The number of nitrogens with zero attached hydrogens (tertiary/aromatic N) is 1. The lowest BCUT2D eigenvalue weighted by Crippen LogP contribution is -2.02. The van der Waals surface area contributed by atoms with Crippen molar-refractivity contribution in [2.45, 2.75) is 0 Å². The molecule has 0 aromatic heterocycles. The van der Waals surface area contributed by atoms with Crippen LogP contribution >= 0.6 is 11.6 Å². The molecule has 2 rings (SSSR count). The van der Waals surface area contributed by atoms with E-state index in [0.717, 1.165) is 24.3 Å². The van der Waals surface area contributed by atoms with Crippen LogP contribution in [0.2, 0.25) is 5.02 Å². The van der Waals surface area contributed by atoms with E-state index in [1.165, 1.54) is 12.1 Å². The summed E-state index contributed by atoms with van der Waals surface area (Å²) in [6.45, 7) is 0. The van der Waals surface area contributed by atoms with Crippen molar-refractivity contribution in [3.63, 3.8) is 0 Å². The van der Waals surface area contributed by atoms with Gasteiger partial charge in [-0.1, -0.05) is 11.6 Å². The molecule has 0 heterocycles. The van der Waals surface area contributed by atoms with Gasteiger partial charge in [0.2, 0.25) is 5.75 Å². The smallest absolute Gasteiger partial charge is 0.339 e. The van der Waals surface area contributed by atoms with Crippen molar-refractivity contribution in [2.24, 2.45) is 0 Å². The molecule has 0 spiro atoms. The summed E-state index contributed by atoms with van der Waals surface area (Å²) in [6, 6.07) is 6.49. The molecule has 0 bridgehead atoms. The number of rotatable bonds is 4. The number of nitro groups is 1. The van der Waals surface area contributed by atoms with E-state index in [2.05, 4.69) is 0 Å². The Balaban J connectivity index is 2.48. The summed E-state index contributed by atoms with van der Waals surface area (Å²) in [5.74, 6) is -2.58. The van der Waals surface area contributed by atoms with Gasteiger partial charge in [0.1, 0.15) is 17.1 Å². The van der Waals surface area contributed by atoms with Crippen LogP contribution in [-0.2, 0) is 0 Å². The molecule has 1 N–H and O–H groups in total. The van der Waals surface area contributed by atoms with Crippen molar-refractivity contribution >= 4 is 23.3 Å². The lowest BCUT2D eigenvalue weighted by atomic mass is 10.2. The second-order valence-corrected chi connectivity index (χ2v) is 4.35. The number of halogens is 2. The Hall–Kier alpha value is -2.67. The van der Waals surface area contributed by atoms with Gasteiger partial charge in [-0.2, -0.15) is 0 Å². The number of carbonyl (C=O) groups is 1. The number of nitro benzene ring substituents is 1. The fraction of sp³-hybridized carbons (Fsp3) is 0. The molecule has 6 nitrogen and oxygen atoms in total. The zero-order valence-corrected chi connectivity index (χ0v) is 11.0. The second kappa shape index (κ2) is 5.76. The minimum Gasteiger partial charge on any atom is -0.478 e. The first-order chi connectivity index (χ1) is 9.88. The van der Waals surface area contributed by atoms with Crippen LogP contribution in [-0.4, -0.2) is 16.0 Å². The number of hydrogen-bond acceptors (Lipinski definition) is 4. The van der Waals surface area contributed by atoms with E-state index in [-0.39, 0.29) is 16.5 Å². The van der Waals surface area contributed by atoms with Gasteiger partial charge in [0.05, 0.1) is 4.92 Å². The Kier molecular flexibility index (Phi) is 4.04. The Morgan fingerprint density at radius 3 is 2.52 bits per heavy atom. The molecule has 2 aromatic rings. The fourth-order valence-corrected chi connectivity index (χ4v) is 1.76. The highest BCUT2D eigenvalue weighted by molar-refractivity contribution is 6.30. The van der Waals surface area contributed by atoms with Gasteiger partial charge in [-0.15, -0.1) is 0 Å². The molecule has 0 radical (unpaired) electrons. The third-order valence-electron chi connectivity index (χ3n) is 2.51. The van der Waals surface area contributed by atoms with Crippen molar-refractivity contribution < 1.29 is 24.0 Å². The Bertz CT molecular complexity index is 673. The topological polar surface area (TPSA) is 89.7 Å². The zero-order chi connectivity index (χ0) is 15.6. The molecule has 0 aliphatic rings. The van der Waals surface area contributed by atoms with E-state index in [1.54, 1.807) is 0 Å². The maximum Gasteiger partial charge on any atom is 0.339 e. The summed E-state index contributed by atoms with van der Waals surface area (Å²) in [4.78, 5) is 21.2. The minimum absolute atomic E-state index is 0.131. The monoisotopic (exact) mass is 311 g/mol. The third kappa shape index (κ3) is 3.26. The standard InChI is InChI=1S/C13H7ClFNO5/c14-7-1-3-12(10(5-7)16(19)20)21-11-4-2-8(15)6-9(11)13(17)18/h1-6H,(H,17,18). The van der Waals surface area contributed by atoms with Crippen molar-refractivity contribution in [3.8, 4) is 11.5 Å². The maximum atomic E-state index is 13.1. The highest BCUT2D eigenvalue weighted by Crippen LogP contribution is 2.35. The summed E-state index contributed by atoms with van der Waals surface area (Å²) in [7, 11) is 0. The van der Waals surface area contributed by atoms with Gasteiger partial charge >= 0.3 is 11.7 Å². The van der Waals surface area contributed by atoms with Crippen molar-refractivity contribution in [1.82, 2.24) is 0 Å². The molecule has 108 valence electrons. The van der Waals surface area contributed by atoms with Crippen molar-refractivity contribution in [3.05, 3.63) is 62.9 Å². The molecule has 0 saturated heterocycles. The molecule has 8 heteroatoms.